The highest BCUT2D eigenvalue weighted by Gasteiger charge is 2.19. The standard InChI is InChI=1S/C24H18ClN3O3/c1-15-10-11-19-23(31)20(22(30)16-6-5-7-17(25)12-16)13-28(24(19)26-15)14-21(29)27-18-8-3-2-4-9-18/h2-13H,14H2,1H3,(H,27,29). The van der Waals surface area contributed by atoms with Gasteiger partial charge >= 0.3 is 0 Å². The van der Waals surface area contributed by atoms with Gasteiger partial charge in [0.15, 0.2) is 5.78 Å². The third-order valence-corrected chi connectivity index (χ3v) is 5.00. The zero-order chi connectivity index (χ0) is 22.0. The van der Waals surface area contributed by atoms with E-state index in [4.69, 9.17) is 11.6 Å². The summed E-state index contributed by atoms with van der Waals surface area (Å²) >= 11 is 6.01. The average molecular weight is 432 g/mol. The van der Waals surface area contributed by atoms with E-state index in [-0.39, 0.29) is 23.4 Å². The minimum Gasteiger partial charge on any atom is -0.325 e. The first kappa shape index (κ1) is 20.5. The zero-order valence-electron chi connectivity index (χ0n) is 16.6. The van der Waals surface area contributed by atoms with Crippen molar-refractivity contribution >= 4 is 40.0 Å². The van der Waals surface area contributed by atoms with Gasteiger partial charge in [0.05, 0.1) is 10.9 Å². The van der Waals surface area contributed by atoms with Gasteiger partial charge in [-0.15, -0.1) is 0 Å². The number of hydrogen-bond donors (Lipinski definition) is 1. The first-order valence-corrected chi connectivity index (χ1v) is 9.96. The molecule has 6 nitrogen and oxygen atoms in total. The van der Waals surface area contributed by atoms with Crippen LogP contribution in [0.3, 0.4) is 0 Å². The number of benzene rings is 2. The van der Waals surface area contributed by atoms with E-state index in [0.717, 1.165) is 0 Å². The molecule has 0 radical (unpaired) electrons. The Balaban J connectivity index is 1.79. The molecule has 2 heterocycles. The molecule has 7 heteroatoms. The van der Waals surface area contributed by atoms with Crippen molar-refractivity contribution in [1.82, 2.24) is 9.55 Å². The van der Waals surface area contributed by atoms with Gasteiger partial charge in [-0.3, -0.25) is 14.4 Å². The van der Waals surface area contributed by atoms with Crippen LogP contribution in [0.25, 0.3) is 11.0 Å². The number of carbonyl (C=O) groups is 2. The summed E-state index contributed by atoms with van der Waals surface area (Å²) in [4.78, 5) is 43.2. The topological polar surface area (TPSA) is 81.1 Å². The van der Waals surface area contributed by atoms with Crippen LogP contribution >= 0.6 is 11.6 Å². The maximum absolute atomic E-state index is 13.1. The lowest BCUT2D eigenvalue weighted by Crippen LogP contribution is -2.25. The van der Waals surface area contributed by atoms with Crippen LogP contribution in [0.15, 0.2) is 77.7 Å². The lowest BCUT2D eigenvalue weighted by Gasteiger charge is -2.13. The van der Waals surface area contributed by atoms with Crippen LogP contribution in [0.2, 0.25) is 5.02 Å². The largest absolute Gasteiger partial charge is 0.325 e. The van der Waals surface area contributed by atoms with Crippen LogP contribution in [0.1, 0.15) is 21.6 Å². The number of nitrogens with one attached hydrogen (secondary N) is 1. The monoisotopic (exact) mass is 431 g/mol. The molecule has 0 saturated heterocycles. The van der Waals surface area contributed by atoms with Crippen molar-refractivity contribution < 1.29 is 9.59 Å². The Labute approximate surface area is 183 Å². The molecule has 4 aromatic rings. The number of anilines is 1. The molecule has 1 N–H and O–H groups in total. The van der Waals surface area contributed by atoms with Crippen molar-refractivity contribution in [2.45, 2.75) is 13.5 Å². The number of amides is 1. The van der Waals surface area contributed by atoms with E-state index >= 15 is 0 Å². The number of ketones is 1. The molecule has 0 aliphatic carbocycles. The molecule has 4 rings (SSSR count). The maximum Gasteiger partial charge on any atom is 0.244 e. The molecule has 0 atom stereocenters. The van der Waals surface area contributed by atoms with Gasteiger partial charge in [-0.2, -0.15) is 0 Å². The van der Waals surface area contributed by atoms with Crippen LogP contribution in [0.4, 0.5) is 5.69 Å². The van der Waals surface area contributed by atoms with E-state index in [1.54, 1.807) is 49.4 Å². The fraction of sp³-hybridized carbons (Fsp3) is 0.0833. The Morgan fingerprint density at radius 1 is 1.03 bits per heavy atom. The van der Waals surface area contributed by atoms with Crippen LogP contribution in [-0.4, -0.2) is 21.2 Å². The molecule has 0 spiro atoms. The molecule has 0 aliphatic rings. The lowest BCUT2D eigenvalue weighted by molar-refractivity contribution is -0.116. The van der Waals surface area contributed by atoms with Crippen molar-refractivity contribution in [2.24, 2.45) is 0 Å². The SMILES string of the molecule is Cc1ccc2c(=O)c(C(=O)c3cccc(Cl)c3)cn(CC(=O)Nc3ccccc3)c2n1. The Hall–Kier alpha value is -3.77. The quantitative estimate of drug-likeness (QED) is 0.479. The molecule has 0 aliphatic heterocycles. The Kier molecular flexibility index (Phi) is 5.64. The fourth-order valence-electron chi connectivity index (χ4n) is 3.30. The minimum absolute atomic E-state index is 0.0482. The average Bonchev–Trinajstić information content (AvgIpc) is 2.76. The van der Waals surface area contributed by atoms with Gasteiger partial charge in [0.1, 0.15) is 12.2 Å². The van der Waals surface area contributed by atoms with Gasteiger partial charge in [0.25, 0.3) is 0 Å². The molecule has 0 unspecified atom stereocenters. The van der Waals surface area contributed by atoms with E-state index in [9.17, 15) is 14.4 Å². The molecule has 2 aromatic carbocycles. The van der Waals surface area contributed by atoms with Crippen molar-refractivity contribution in [3.8, 4) is 0 Å². The van der Waals surface area contributed by atoms with Crippen LogP contribution in [0.5, 0.6) is 0 Å². The van der Waals surface area contributed by atoms with Gasteiger partial charge in [-0.1, -0.05) is 41.9 Å². The second-order valence-electron chi connectivity index (χ2n) is 7.08. The summed E-state index contributed by atoms with van der Waals surface area (Å²) < 4.78 is 1.53. The van der Waals surface area contributed by atoms with Gasteiger partial charge < -0.3 is 9.88 Å². The number of halogens is 1. The smallest absolute Gasteiger partial charge is 0.244 e. The van der Waals surface area contributed by atoms with Crippen LogP contribution in [-0.2, 0) is 11.3 Å². The third-order valence-electron chi connectivity index (χ3n) is 4.76. The lowest BCUT2D eigenvalue weighted by atomic mass is 10.0. The van der Waals surface area contributed by atoms with E-state index < -0.39 is 11.2 Å². The predicted octanol–water partition coefficient (Wildman–Crippen LogP) is 4.23. The summed E-state index contributed by atoms with van der Waals surface area (Å²) in [5.41, 5.74) is 1.50. The summed E-state index contributed by atoms with van der Waals surface area (Å²) in [7, 11) is 0. The summed E-state index contributed by atoms with van der Waals surface area (Å²) in [5.74, 6) is -0.771. The Bertz CT molecular complexity index is 1360. The van der Waals surface area contributed by atoms with Gasteiger partial charge in [0, 0.05) is 28.2 Å². The number of pyridine rings is 2. The highest BCUT2D eigenvalue weighted by molar-refractivity contribution is 6.31. The number of aryl methyl sites for hydroxylation is 1. The third kappa shape index (κ3) is 4.39. The molecule has 0 fully saturated rings. The number of para-hydroxylation sites is 1. The Morgan fingerprint density at radius 3 is 2.55 bits per heavy atom. The number of fused-ring (bicyclic) bond motifs is 1. The van der Waals surface area contributed by atoms with Crippen LogP contribution in [0, 0.1) is 6.92 Å². The molecule has 31 heavy (non-hydrogen) atoms. The van der Waals surface area contributed by atoms with Gasteiger partial charge in [-0.05, 0) is 43.3 Å². The Morgan fingerprint density at radius 2 is 1.81 bits per heavy atom. The minimum atomic E-state index is -0.466. The predicted molar refractivity (Wildman–Crippen MR) is 121 cm³/mol. The normalized spacial score (nSPS) is 10.8. The van der Waals surface area contributed by atoms with Crippen molar-refractivity contribution in [2.75, 3.05) is 5.32 Å². The number of aromatic nitrogens is 2. The van der Waals surface area contributed by atoms with Crippen molar-refractivity contribution in [3.63, 3.8) is 0 Å². The maximum atomic E-state index is 13.1. The summed E-state index contributed by atoms with van der Waals surface area (Å²) in [6.45, 7) is 1.68. The van der Waals surface area contributed by atoms with Crippen LogP contribution < -0.4 is 10.7 Å². The highest BCUT2D eigenvalue weighted by atomic mass is 35.5. The number of nitrogens with zero attached hydrogens (tertiary/aromatic N) is 2. The van der Waals surface area contributed by atoms with E-state index in [1.165, 1.54) is 16.8 Å². The molecule has 2 aromatic heterocycles. The molecular formula is C24H18ClN3O3. The number of carbonyl (C=O) groups excluding carboxylic acids is 2. The first-order valence-electron chi connectivity index (χ1n) is 9.58. The molecule has 1 amide bonds. The highest BCUT2D eigenvalue weighted by Crippen LogP contribution is 2.17. The summed E-state index contributed by atoms with van der Waals surface area (Å²) in [5, 5.41) is 3.47. The second-order valence-corrected chi connectivity index (χ2v) is 7.51. The fourth-order valence-corrected chi connectivity index (χ4v) is 3.49. The van der Waals surface area contributed by atoms with Crippen molar-refractivity contribution in [3.05, 3.63) is 105 Å². The molecule has 154 valence electrons. The molecule has 0 saturated carbocycles. The van der Waals surface area contributed by atoms with E-state index in [1.807, 2.05) is 18.2 Å². The summed E-state index contributed by atoms with van der Waals surface area (Å²) in [6, 6.07) is 18.8. The molecular weight excluding hydrogens is 414 g/mol. The number of hydrogen-bond acceptors (Lipinski definition) is 4. The van der Waals surface area contributed by atoms with E-state index in [2.05, 4.69) is 10.3 Å². The summed E-state index contributed by atoms with van der Waals surface area (Å²) in [6.07, 6.45) is 1.39. The molecule has 0 bridgehead atoms. The zero-order valence-corrected chi connectivity index (χ0v) is 17.4. The van der Waals surface area contributed by atoms with Crippen molar-refractivity contribution in [1.29, 1.82) is 0 Å². The second kappa shape index (κ2) is 8.53. The van der Waals surface area contributed by atoms with Gasteiger partial charge in [0.2, 0.25) is 11.3 Å². The van der Waals surface area contributed by atoms with E-state index in [0.29, 0.717) is 27.6 Å². The number of rotatable bonds is 5. The first-order chi connectivity index (χ1) is 14.9. The van der Waals surface area contributed by atoms with Gasteiger partial charge in [-0.25, -0.2) is 4.98 Å².